The second kappa shape index (κ2) is 9.03. The van der Waals surface area contributed by atoms with E-state index in [0.29, 0.717) is 11.0 Å². The predicted octanol–water partition coefficient (Wildman–Crippen LogP) is 2.71. The minimum atomic E-state index is -0.924. The van der Waals surface area contributed by atoms with Gasteiger partial charge in [0.05, 0.1) is 5.69 Å². The summed E-state index contributed by atoms with van der Waals surface area (Å²) in [5.41, 5.74) is 4.20. The molecule has 0 saturated carbocycles. The van der Waals surface area contributed by atoms with Gasteiger partial charge in [0.15, 0.2) is 17.2 Å². The molecule has 13 heteroatoms. The van der Waals surface area contributed by atoms with Gasteiger partial charge in [-0.1, -0.05) is 0 Å². The van der Waals surface area contributed by atoms with Crippen molar-refractivity contribution < 1.29 is 18.3 Å². The van der Waals surface area contributed by atoms with Crippen LogP contribution in [0.3, 0.4) is 0 Å². The minimum Gasteiger partial charge on any atom is -0.453 e. The molecule has 0 aliphatic rings. The highest BCUT2D eigenvalue weighted by Gasteiger charge is 2.19. The third-order valence-corrected chi connectivity index (χ3v) is 5.43. The molecular weight excluding hydrogens is 488 g/mol. The summed E-state index contributed by atoms with van der Waals surface area (Å²) in [4.78, 5) is 42.5. The van der Waals surface area contributed by atoms with Crippen LogP contribution in [0, 0.1) is 11.6 Å². The van der Waals surface area contributed by atoms with E-state index in [9.17, 15) is 23.2 Å². The smallest absolute Gasteiger partial charge is 0.335 e. The topological polar surface area (TPSA) is 150 Å². The lowest BCUT2D eigenvalue weighted by Gasteiger charge is -2.12. The lowest BCUT2D eigenvalue weighted by atomic mass is 10.2. The molecule has 0 aliphatic heterocycles. The number of benzene rings is 2. The van der Waals surface area contributed by atoms with Crippen molar-refractivity contribution in [3.63, 3.8) is 0 Å². The molecule has 11 nitrogen and oxygen atoms in total. The Morgan fingerprint density at radius 1 is 1.08 bits per heavy atom. The Morgan fingerprint density at radius 3 is 2.57 bits per heavy atom. The Kier molecular flexibility index (Phi) is 5.72. The molecule has 0 saturated heterocycles. The third-order valence-electron chi connectivity index (χ3n) is 5.43. The van der Waals surface area contributed by atoms with Crippen molar-refractivity contribution in [2.45, 2.75) is 0 Å². The van der Waals surface area contributed by atoms with Crippen LogP contribution >= 0.6 is 0 Å². The molecule has 3 heterocycles. The van der Waals surface area contributed by atoms with Crippen molar-refractivity contribution in [3.8, 4) is 17.2 Å². The molecule has 0 bridgehead atoms. The molecule has 1 amide bonds. The monoisotopic (exact) mass is 505 g/mol. The Bertz CT molecular complexity index is 1790. The second-order valence-electron chi connectivity index (χ2n) is 7.90. The number of carbonyl (C=O) groups is 1. The first-order valence-corrected chi connectivity index (χ1v) is 10.7. The average Bonchev–Trinajstić information content (AvgIpc) is 3.26. The van der Waals surface area contributed by atoms with E-state index in [2.05, 4.69) is 20.5 Å². The van der Waals surface area contributed by atoms with E-state index < -0.39 is 28.8 Å². The first kappa shape index (κ1) is 23.4. The fraction of sp³-hybridized carbons (Fsp3) is 0.0417. The fourth-order valence-corrected chi connectivity index (χ4v) is 3.65. The van der Waals surface area contributed by atoms with Crippen LogP contribution in [0.15, 0.2) is 70.5 Å². The minimum absolute atomic E-state index is 0.0270. The molecule has 0 radical (unpaired) electrons. The van der Waals surface area contributed by atoms with Crippen molar-refractivity contribution in [2.75, 3.05) is 11.1 Å². The quantitative estimate of drug-likeness (QED) is 0.332. The van der Waals surface area contributed by atoms with Crippen LogP contribution in [0.5, 0.6) is 11.5 Å². The molecule has 5 rings (SSSR count). The van der Waals surface area contributed by atoms with E-state index in [1.165, 1.54) is 43.6 Å². The van der Waals surface area contributed by atoms with Gasteiger partial charge < -0.3 is 20.4 Å². The molecule has 37 heavy (non-hydrogen) atoms. The predicted molar refractivity (Wildman–Crippen MR) is 130 cm³/mol. The van der Waals surface area contributed by atoms with Gasteiger partial charge in [0.25, 0.3) is 11.5 Å². The number of anilines is 2. The maximum Gasteiger partial charge on any atom is 0.335 e. The van der Waals surface area contributed by atoms with Gasteiger partial charge in [-0.3, -0.25) is 14.7 Å². The maximum atomic E-state index is 14.8. The average molecular weight is 505 g/mol. The Labute approximate surface area is 205 Å². The molecular formula is C24H17F2N7O4. The second-order valence-corrected chi connectivity index (χ2v) is 7.90. The molecule has 0 aliphatic carbocycles. The number of ether oxygens (including phenoxy) is 1. The Hall–Kier alpha value is -5.33. The summed E-state index contributed by atoms with van der Waals surface area (Å²) in [7, 11) is 1.35. The van der Waals surface area contributed by atoms with Crippen LogP contribution in [0.25, 0.3) is 16.7 Å². The number of fused-ring (bicyclic) bond motifs is 1. The third kappa shape index (κ3) is 4.29. The van der Waals surface area contributed by atoms with Gasteiger partial charge >= 0.3 is 5.69 Å². The summed E-state index contributed by atoms with van der Waals surface area (Å²) in [6, 6.07) is 9.79. The number of nitrogen functional groups attached to an aromatic ring is 1. The number of nitrogens with zero attached hydrogens (tertiary/aromatic N) is 4. The number of aromatic nitrogens is 5. The van der Waals surface area contributed by atoms with Gasteiger partial charge in [0.2, 0.25) is 0 Å². The molecule has 0 atom stereocenters. The summed E-state index contributed by atoms with van der Waals surface area (Å²) in [5.74, 6) is -1.99. The number of carbonyl (C=O) groups excluding carboxylic acids is 1. The molecule has 5 aromatic rings. The van der Waals surface area contributed by atoms with Crippen LogP contribution in [-0.2, 0) is 7.05 Å². The molecule has 186 valence electrons. The summed E-state index contributed by atoms with van der Waals surface area (Å²) < 4.78 is 35.6. The lowest BCUT2D eigenvalue weighted by molar-refractivity contribution is 0.102. The largest absolute Gasteiger partial charge is 0.453 e. The number of aromatic amines is 1. The summed E-state index contributed by atoms with van der Waals surface area (Å²) >= 11 is 0. The number of nitrogens with one attached hydrogen (secondary N) is 2. The van der Waals surface area contributed by atoms with E-state index in [4.69, 9.17) is 10.5 Å². The van der Waals surface area contributed by atoms with Gasteiger partial charge in [-0.05, 0) is 36.4 Å². The van der Waals surface area contributed by atoms with Gasteiger partial charge in [-0.15, -0.1) is 0 Å². The first-order valence-electron chi connectivity index (χ1n) is 10.7. The van der Waals surface area contributed by atoms with Crippen LogP contribution in [0.4, 0.5) is 20.3 Å². The van der Waals surface area contributed by atoms with E-state index in [0.717, 1.165) is 33.5 Å². The van der Waals surface area contributed by atoms with E-state index in [1.54, 1.807) is 0 Å². The van der Waals surface area contributed by atoms with Crippen LogP contribution in [0.1, 0.15) is 10.4 Å². The standard InChI is InChI=1S/C24H17F2N7O4/c1-32-11-15(23(35)33(24(32)36)14-5-2-12(25)3-6-14)22(34)29-13-4-7-17(16(26)10-13)37-18-8-9-28-21-19(18)20(27)30-31-21/h2-11H,1H3,(H,29,34)(H3,27,28,30,31). The number of pyridine rings is 1. The maximum absolute atomic E-state index is 14.8. The van der Waals surface area contributed by atoms with Crippen molar-refractivity contribution in [1.29, 1.82) is 0 Å². The number of rotatable bonds is 5. The highest BCUT2D eigenvalue weighted by atomic mass is 19.1. The lowest BCUT2D eigenvalue weighted by Crippen LogP contribution is -2.41. The van der Waals surface area contributed by atoms with Gasteiger partial charge in [-0.2, -0.15) is 5.10 Å². The molecule has 0 fully saturated rings. The summed E-state index contributed by atoms with van der Waals surface area (Å²) in [5, 5.41) is 9.30. The number of hydrogen-bond acceptors (Lipinski definition) is 7. The highest BCUT2D eigenvalue weighted by molar-refractivity contribution is 6.04. The Balaban J connectivity index is 1.43. The SMILES string of the molecule is Cn1cc(C(=O)Nc2ccc(Oc3ccnc4n[nH]c(N)c34)c(F)c2)c(=O)n(-c2ccc(F)cc2)c1=O. The fourth-order valence-electron chi connectivity index (χ4n) is 3.65. The van der Waals surface area contributed by atoms with Crippen molar-refractivity contribution in [1.82, 2.24) is 24.3 Å². The van der Waals surface area contributed by atoms with Crippen LogP contribution in [-0.4, -0.2) is 30.2 Å². The summed E-state index contributed by atoms with van der Waals surface area (Å²) in [6.07, 6.45) is 2.49. The van der Waals surface area contributed by atoms with Gasteiger partial charge in [-0.25, -0.2) is 23.1 Å². The number of amides is 1. The molecule has 2 aromatic carbocycles. The Morgan fingerprint density at radius 2 is 1.84 bits per heavy atom. The number of hydrogen-bond donors (Lipinski definition) is 3. The van der Waals surface area contributed by atoms with Gasteiger partial charge in [0, 0.05) is 37.3 Å². The van der Waals surface area contributed by atoms with Gasteiger partial charge in [0.1, 0.15) is 28.3 Å². The van der Waals surface area contributed by atoms with Crippen molar-refractivity contribution in [3.05, 3.63) is 99.0 Å². The summed E-state index contributed by atoms with van der Waals surface area (Å²) in [6.45, 7) is 0. The normalized spacial score (nSPS) is 11.0. The van der Waals surface area contributed by atoms with E-state index in [1.807, 2.05) is 0 Å². The number of nitrogens with two attached hydrogens (primary N) is 1. The molecule has 3 aromatic heterocycles. The zero-order valence-electron chi connectivity index (χ0n) is 19.0. The van der Waals surface area contributed by atoms with E-state index in [-0.39, 0.29) is 34.3 Å². The molecule has 0 unspecified atom stereocenters. The highest BCUT2D eigenvalue weighted by Crippen LogP contribution is 2.33. The molecule has 0 spiro atoms. The van der Waals surface area contributed by atoms with Crippen LogP contribution < -0.4 is 27.0 Å². The van der Waals surface area contributed by atoms with Crippen molar-refractivity contribution >= 4 is 28.4 Å². The number of H-pyrrole nitrogens is 1. The number of halogens is 2. The zero-order chi connectivity index (χ0) is 26.3. The van der Waals surface area contributed by atoms with E-state index >= 15 is 0 Å². The van der Waals surface area contributed by atoms with Crippen LogP contribution in [0.2, 0.25) is 0 Å². The number of aryl methyl sites for hydroxylation is 1. The zero-order valence-corrected chi connectivity index (χ0v) is 19.0. The molecule has 4 N–H and O–H groups in total. The first-order chi connectivity index (χ1) is 17.7. The van der Waals surface area contributed by atoms with Crippen molar-refractivity contribution in [2.24, 2.45) is 7.05 Å².